The van der Waals surface area contributed by atoms with Gasteiger partial charge in [0.1, 0.15) is 18.9 Å². The van der Waals surface area contributed by atoms with Crippen LogP contribution in [0.25, 0.3) is 11.0 Å². The van der Waals surface area contributed by atoms with Gasteiger partial charge in [-0.3, -0.25) is 9.69 Å². The molecule has 0 radical (unpaired) electrons. The molecule has 2 aliphatic rings. The minimum absolute atomic E-state index is 0.185. The van der Waals surface area contributed by atoms with Gasteiger partial charge < -0.3 is 24.1 Å². The van der Waals surface area contributed by atoms with E-state index in [2.05, 4.69) is 30.8 Å². The number of pyridine rings is 1. The Kier molecular flexibility index (Phi) is 6.06. The van der Waals surface area contributed by atoms with Crippen LogP contribution >= 0.6 is 0 Å². The van der Waals surface area contributed by atoms with Gasteiger partial charge in [-0.2, -0.15) is 4.98 Å². The predicted octanol–water partition coefficient (Wildman–Crippen LogP) is 2.07. The van der Waals surface area contributed by atoms with Crippen LogP contribution in [0, 0.1) is 0 Å². The number of para-hydroxylation sites is 1. The van der Waals surface area contributed by atoms with Gasteiger partial charge in [0.25, 0.3) is 0 Å². The van der Waals surface area contributed by atoms with Gasteiger partial charge in [-0.25, -0.2) is 4.98 Å². The standard InChI is InChI=1S/C23H27N5O4/c29-20-7-6-17-16-24-23(26-22(17)25-20)32-13-2-1-8-27-9-11-28(12-10-27)18-4-3-5-19-21(18)31-15-14-30-19/h3-7,16H,1-2,8-15H2,(H,24,25,26,29). The van der Waals surface area contributed by atoms with Gasteiger partial charge in [0.2, 0.25) is 5.56 Å². The minimum Gasteiger partial charge on any atom is -0.486 e. The number of benzene rings is 1. The van der Waals surface area contributed by atoms with Crippen LogP contribution in [0.3, 0.4) is 0 Å². The van der Waals surface area contributed by atoms with E-state index in [0.717, 1.165) is 68.1 Å². The third-order valence-corrected chi connectivity index (χ3v) is 5.81. The largest absolute Gasteiger partial charge is 0.486 e. The summed E-state index contributed by atoms with van der Waals surface area (Å²) in [5.74, 6) is 1.72. The number of rotatable bonds is 7. The molecule has 0 saturated carbocycles. The van der Waals surface area contributed by atoms with Crippen molar-refractivity contribution < 1.29 is 14.2 Å². The molecule has 2 aromatic heterocycles. The number of anilines is 1. The lowest BCUT2D eigenvalue weighted by atomic mass is 10.2. The fraction of sp³-hybridized carbons (Fsp3) is 0.435. The van der Waals surface area contributed by atoms with Gasteiger partial charge in [0, 0.05) is 43.8 Å². The number of hydrogen-bond acceptors (Lipinski definition) is 8. The van der Waals surface area contributed by atoms with Crippen molar-refractivity contribution in [2.75, 3.05) is 57.4 Å². The zero-order chi connectivity index (χ0) is 21.8. The number of aromatic nitrogens is 3. The van der Waals surface area contributed by atoms with Crippen LogP contribution in [-0.2, 0) is 0 Å². The highest BCUT2D eigenvalue weighted by Crippen LogP contribution is 2.39. The van der Waals surface area contributed by atoms with Crippen LogP contribution in [0.4, 0.5) is 5.69 Å². The summed E-state index contributed by atoms with van der Waals surface area (Å²) in [6.45, 7) is 6.79. The summed E-state index contributed by atoms with van der Waals surface area (Å²) in [6.07, 6.45) is 3.63. The normalized spacial score (nSPS) is 16.3. The summed E-state index contributed by atoms with van der Waals surface area (Å²) in [4.78, 5) is 27.5. The van der Waals surface area contributed by atoms with Crippen LogP contribution in [0.1, 0.15) is 12.8 Å². The number of ether oxygens (including phenoxy) is 3. The Hall–Kier alpha value is -3.33. The average Bonchev–Trinajstić information content (AvgIpc) is 2.83. The molecule has 0 atom stereocenters. The van der Waals surface area contributed by atoms with Gasteiger partial charge in [-0.05, 0) is 37.6 Å². The predicted molar refractivity (Wildman–Crippen MR) is 121 cm³/mol. The molecule has 1 fully saturated rings. The molecule has 9 heteroatoms. The van der Waals surface area contributed by atoms with Crippen LogP contribution in [-0.4, -0.2) is 72.4 Å². The lowest BCUT2D eigenvalue weighted by Gasteiger charge is -2.37. The van der Waals surface area contributed by atoms with E-state index in [1.807, 2.05) is 12.1 Å². The van der Waals surface area contributed by atoms with Crippen molar-refractivity contribution in [1.82, 2.24) is 19.9 Å². The smallest absolute Gasteiger partial charge is 0.318 e. The Morgan fingerprint density at radius 2 is 1.91 bits per heavy atom. The average molecular weight is 438 g/mol. The molecule has 2 aliphatic heterocycles. The molecule has 9 nitrogen and oxygen atoms in total. The van der Waals surface area contributed by atoms with Crippen LogP contribution < -0.4 is 24.7 Å². The van der Waals surface area contributed by atoms with E-state index in [1.165, 1.54) is 6.07 Å². The van der Waals surface area contributed by atoms with Crippen molar-refractivity contribution in [3.05, 3.63) is 46.9 Å². The molecule has 0 aliphatic carbocycles. The molecule has 1 saturated heterocycles. The monoisotopic (exact) mass is 437 g/mol. The van der Waals surface area contributed by atoms with E-state index in [9.17, 15) is 4.79 Å². The Bertz CT molecular complexity index is 1130. The molecule has 5 rings (SSSR count). The second-order valence-electron chi connectivity index (χ2n) is 7.96. The SMILES string of the molecule is O=c1ccc2cnc(OCCCCN3CCN(c4cccc5c4OCCO5)CC3)nc2[nH]1. The minimum atomic E-state index is -0.185. The van der Waals surface area contributed by atoms with Crippen molar-refractivity contribution in [2.24, 2.45) is 0 Å². The van der Waals surface area contributed by atoms with E-state index >= 15 is 0 Å². The maximum absolute atomic E-state index is 11.4. The third-order valence-electron chi connectivity index (χ3n) is 5.81. The first-order chi connectivity index (χ1) is 15.8. The Balaban J connectivity index is 1.05. The number of fused-ring (bicyclic) bond motifs is 2. The van der Waals surface area contributed by atoms with E-state index in [4.69, 9.17) is 14.2 Å². The van der Waals surface area contributed by atoms with Crippen molar-refractivity contribution in [1.29, 1.82) is 0 Å². The number of H-pyrrole nitrogens is 1. The van der Waals surface area contributed by atoms with Gasteiger partial charge in [0.15, 0.2) is 11.5 Å². The van der Waals surface area contributed by atoms with Crippen LogP contribution in [0.2, 0.25) is 0 Å². The number of piperazine rings is 1. The molecule has 0 bridgehead atoms. The molecule has 3 aromatic rings. The van der Waals surface area contributed by atoms with E-state index in [1.54, 1.807) is 12.3 Å². The molecular formula is C23H27N5O4. The number of nitrogens with zero attached hydrogens (tertiary/aromatic N) is 4. The van der Waals surface area contributed by atoms with Gasteiger partial charge in [-0.15, -0.1) is 0 Å². The van der Waals surface area contributed by atoms with Crippen molar-refractivity contribution in [3.8, 4) is 17.5 Å². The lowest BCUT2D eigenvalue weighted by Crippen LogP contribution is -2.46. The van der Waals surface area contributed by atoms with Crippen molar-refractivity contribution in [2.45, 2.75) is 12.8 Å². The molecule has 0 unspecified atom stereocenters. The van der Waals surface area contributed by atoms with Crippen molar-refractivity contribution >= 4 is 16.7 Å². The zero-order valence-corrected chi connectivity index (χ0v) is 18.0. The fourth-order valence-electron chi connectivity index (χ4n) is 4.11. The van der Waals surface area contributed by atoms with E-state index in [-0.39, 0.29) is 5.56 Å². The summed E-state index contributed by atoms with van der Waals surface area (Å²) in [5.41, 5.74) is 1.44. The topological polar surface area (TPSA) is 92.8 Å². The van der Waals surface area contributed by atoms with E-state index in [0.29, 0.717) is 31.5 Å². The number of aromatic amines is 1. The maximum Gasteiger partial charge on any atom is 0.318 e. The Labute approximate surface area is 185 Å². The summed E-state index contributed by atoms with van der Waals surface area (Å²) >= 11 is 0. The van der Waals surface area contributed by atoms with Crippen molar-refractivity contribution in [3.63, 3.8) is 0 Å². The lowest BCUT2D eigenvalue weighted by molar-refractivity contribution is 0.171. The first-order valence-corrected chi connectivity index (χ1v) is 11.1. The molecule has 0 spiro atoms. The maximum atomic E-state index is 11.4. The molecule has 1 N–H and O–H groups in total. The third kappa shape index (κ3) is 4.62. The molecule has 1 aromatic carbocycles. The molecule has 32 heavy (non-hydrogen) atoms. The zero-order valence-electron chi connectivity index (χ0n) is 18.0. The summed E-state index contributed by atoms with van der Waals surface area (Å²) < 4.78 is 17.3. The van der Waals surface area contributed by atoms with Crippen LogP contribution in [0.5, 0.6) is 17.5 Å². The molecule has 0 amide bonds. The van der Waals surface area contributed by atoms with Gasteiger partial charge in [0.05, 0.1) is 12.3 Å². The fourth-order valence-corrected chi connectivity index (χ4v) is 4.11. The first-order valence-electron chi connectivity index (χ1n) is 11.1. The number of hydrogen-bond donors (Lipinski definition) is 1. The summed E-state index contributed by atoms with van der Waals surface area (Å²) in [7, 11) is 0. The Morgan fingerprint density at radius 1 is 1.03 bits per heavy atom. The van der Waals surface area contributed by atoms with E-state index < -0.39 is 0 Å². The highest BCUT2D eigenvalue weighted by Gasteiger charge is 2.23. The number of unbranched alkanes of at least 4 members (excludes halogenated alkanes) is 1. The second kappa shape index (κ2) is 9.44. The Morgan fingerprint density at radius 3 is 2.81 bits per heavy atom. The first kappa shape index (κ1) is 20.6. The summed E-state index contributed by atoms with van der Waals surface area (Å²) in [5, 5.41) is 0.784. The summed E-state index contributed by atoms with van der Waals surface area (Å²) in [6, 6.07) is 9.58. The number of nitrogens with one attached hydrogen (secondary N) is 1. The highest BCUT2D eigenvalue weighted by molar-refractivity contribution is 5.73. The van der Waals surface area contributed by atoms with Gasteiger partial charge >= 0.3 is 6.01 Å². The van der Waals surface area contributed by atoms with Crippen LogP contribution in [0.15, 0.2) is 41.3 Å². The molecule has 4 heterocycles. The highest BCUT2D eigenvalue weighted by atomic mass is 16.6. The molecular weight excluding hydrogens is 410 g/mol. The quantitative estimate of drug-likeness (QED) is 0.562. The van der Waals surface area contributed by atoms with Gasteiger partial charge in [-0.1, -0.05) is 6.07 Å². The second-order valence-corrected chi connectivity index (χ2v) is 7.96. The molecule has 168 valence electrons.